The van der Waals surface area contributed by atoms with Crippen molar-refractivity contribution in [1.29, 1.82) is 0 Å². The fourth-order valence-electron chi connectivity index (χ4n) is 5.35. The largest absolute Gasteiger partial charge is 0.444 e. The lowest BCUT2D eigenvalue weighted by molar-refractivity contribution is 0.0509. The van der Waals surface area contributed by atoms with Crippen LogP contribution < -0.4 is 5.32 Å². The zero-order valence-electron chi connectivity index (χ0n) is 21.9. The van der Waals surface area contributed by atoms with Gasteiger partial charge in [0.1, 0.15) is 17.2 Å². The van der Waals surface area contributed by atoms with Crippen molar-refractivity contribution in [3.8, 4) is 0 Å². The second-order valence-corrected chi connectivity index (χ2v) is 13.2. The van der Waals surface area contributed by atoms with Crippen LogP contribution in [0.25, 0.3) is 0 Å². The van der Waals surface area contributed by atoms with Crippen molar-refractivity contribution < 1.29 is 26.7 Å². The molecule has 7 nitrogen and oxygen atoms in total. The molecule has 2 aliphatic heterocycles. The summed E-state index contributed by atoms with van der Waals surface area (Å²) in [6.45, 7) is 9.59. The number of nitrogens with zero attached hydrogens (tertiary/aromatic N) is 2. The van der Waals surface area contributed by atoms with E-state index in [4.69, 9.17) is 4.74 Å². The van der Waals surface area contributed by atoms with Crippen molar-refractivity contribution in [2.75, 3.05) is 45.5 Å². The maximum atomic E-state index is 14.1. The molecule has 1 unspecified atom stereocenters. The van der Waals surface area contributed by atoms with Crippen LogP contribution in [0, 0.1) is 23.5 Å². The van der Waals surface area contributed by atoms with Crippen molar-refractivity contribution in [2.45, 2.75) is 64.4 Å². The van der Waals surface area contributed by atoms with Crippen LogP contribution in [0.5, 0.6) is 0 Å². The molecule has 36 heavy (non-hydrogen) atoms. The summed E-state index contributed by atoms with van der Waals surface area (Å²) >= 11 is 0. The van der Waals surface area contributed by atoms with E-state index in [-0.39, 0.29) is 11.8 Å². The summed E-state index contributed by atoms with van der Waals surface area (Å²) in [4.78, 5) is 14.3. The fourth-order valence-corrected chi connectivity index (χ4v) is 6.23. The molecule has 0 radical (unpaired) electrons. The second-order valence-electron chi connectivity index (χ2n) is 11.3. The third-order valence-electron chi connectivity index (χ3n) is 7.25. The van der Waals surface area contributed by atoms with E-state index in [1.807, 2.05) is 20.8 Å². The summed E-state index contributed by atoms with van der Waals surface area (Å²) in [6.07, 6.45) is 4.86. The Morgan fingerprint density at radius 3 is 2.17 bits per heavy atom. The summed E-state index contributed by atoms with van der Waals surface area (Å²) in [5.74, 6) is -0.644. The van der Waals surface area contributed by atoms with E-state index < -0.39 is 33.4 Å². The number of likely N-dealkylation sites (tertiary alicyclic amines) is 1. The van der Waals surface area contributed by atoms with Gasteiger partial charge in [-0.3, -0.25) is 0 Å². The summed E-state index contributed by atoms with van der Waals surface area (Å²) in [6, 6.07) is 3.74. The van der Waals surface area contributed by atoms with Gasteiger partial charge in [0, 0.05) is 25.7 Å². The lowest BCUT2D eigenvalue weighted by Crippen LogP contribution is -2.41. The molecule has 1 aromatic carbocycles. The molecule has 0 saturated carbocycles. The second kappa shape index (κ2) is 12.2. The Labute approximate surface area is 214 Å². The molecule has 1 aromatic rings. The van der Waals surface area contributed by atoms with Crippen molar-refractivity contribution >= 4 is 16.1 Å². The van der Waals surface area contributed by atoms with Gasteiger partial charge >= 0.3 is 6.09 Å². The maximum Gasteiger partial charge on any atom is 0.407 e. The predicted octanol–water partition coefficient (Wildman–Crippen LogP) is 4.35. The predicted molar refractivity (Wildman–Crippen MR) is 136 cm³/mol. The molecule has 204 valence electrons. The van der Waals surface area contributed by atoms with E-state index in [0.717, 1.165) is 45.0 Å². The molecule has 2 saturated heterocycles. The Kier molecular flexibility index (Phi) is 9.74. The summed E-state index contributed by atoms with van der Waals surface area (Å²) in [5, 5.41) is 2.87. The van der Waals surface area contributed by atoms with Crippen LogP contribution in [0.3, 0.4) is 0 Å². The number of hydrogen-bond donors (Lipinski definition) is 1. The van der Waals surface area contributed by atoms with Gasteiger partial charge in [0.2, 0.25) is 10.0 Å². The molecular formula is C26H41F2N3O4S. The van der Waals surface area contributed by atoms with Crippen LogP contribution in [0.15, 0.2) is 18.2 Å². The lowest BCUT2D eigenvalue weighted by Gasteiger charge is -2.37. The average Bonchev–Trinajstić information content (AvgIpc) is 2.76. The van der Waals surface area contributed by atoms with Crippen molar-refractivity contribution in [3.05, 3.63) is 35.4 Å². The highest BCUT2D eigenvalue weighted by Gasteiger charge is 2.32. The molecule has 2 fully saturated rings. The first kappa shape index (κ1) is 28.8. The van der Waals surface area contributed by atoms with Crippen LogP contribution in [-0.4, -0.2) is 74.8 Å². The maximum absolute atomic E-state index is 14.1. The van der Waals surface area contributed by atoms with Crippen LogP contribution >= 0.6 is 0 Å². The highest BCUT2D eigenvalue weighted by molar-refractivity contribution is 7.88. The van der Waals surface area contributed by atoms with Crippen LogP contribution in [0.4, 0.5) is 13.6 Å². The Morgan fingerprint density at radius 2 is 1.64 bits per heavy atom. The fraction of sp³-hybridized carbons (Fsp3) is 0.731. The van der Waals surface area contributed by atoms with Gasteiger partial charge < -0.3 is 15.0 Å². The van der Waals surface area contributed by atoms with Gasteiger partial charge in [-0.2, -0.15) is 0 Å². The summed E-state index contributed by atoms with van der Waals surface area (Å²) in [7, 11) is -3.24. The molecule has 3 rings (SSSR count). The summed E-state index contributed by atoms with van der Waals surface area (Å²) < 4.78 is 58.7. The molecule has 1 N–H and O–H groups in total. The third kappa shape index (κ3) is 8.95. The first-order chi connectivity index (χ1) is 16.8. The molecule has 0 aliphatic carbocycles. The quantitative estimate of drug-likeness (QED) is 0.542. The number of carbonyl (C=O) groups excluding carboxylic acids is 1. The molecule has 10 heteroatoms. The average molecular weight is 530 g/mol. The standard InChI is InChI=1S/C26H41F2N3O4S/c1-26(2,3)35-25(32)29-18-19-5-10-30(11-6-19)12-9-24(21-15-22(27)17-23(28)16-21)20-7-13-31(14-8-20)36(4,33)34/h15-17,19-20,24H,5-14,18H2,1-4H3,(H,29,32). The molecule has 2 aliphatic rings. The zero-order chi connectivity index (χ0) is 26.5. The minimum Gasteiger partial charge on any atom is -0.444 e. The van der Waals surface area contributed by atoms with Crippen molar-refractivity contribution in [1.82, 2.24) is 14.5 Å². The molecule has 0 spiro atoms. The number of nitrogens with one attached hydrogen (secondary N) is 1. The highest BCUT2D eigenvalue weighted by atomic mass is 32.2. The van der Waals surface area contributed by atoms with E-state index >= 15 is 0 Å². The number of halogens is 2. The minimum atomic E-state index is -3.24. The zero-order valence-corrected chi connectivity index (χ0v) is 22.8. The van der Waals surface area contributed by atoms with Gasteiger partial charge in [-0.25, -0.2) is 26.3 Å². The number of amides is 1. The first-order valence-corrected chi connectivity index (χ1v) is 14.8. The number of hydrogen-bond acceptors (Lipinski definition) is 5. The van der Waals surface area contributed by atoms with E-state index in [0.29, 0.717) is 44.0 Å². The van der Waals surface area contributed by atoms with E-state index in [1.54, 1.807) is 0 Å². The van der Waals surface area contributed by atoms with Gasteiger partial charge in [-0.1, -0.05) is 0 Å². The minimum absolute atomic E-state index is 0.0385. The molecular weight excluding hydrogens is 488 g/mol. The number of sulfonamides is 1. The van der Waals surface area contributed by atoms with Gasteiger partial charge in [0.05, 0.1) is 6.26 Å². The first-order valence-electron chi connectivity index (χ1n) is 12.9. The monoisotopic (exact) mass is 529 g/mol. The number of carbonyl (C=O) groups is 1. The normalized spacial score (nSPS) is 20.3. The van der Waals surface area contributed by atoms with Gasteiger partial charge in [0.15, 0.2) is 0 Å². The third-order valence-corrected chi connectivity index (χ3v) is 8.55. The van der Waals surface area contributed by atoms with Crippen LogP contribution in [-0.2, 0) is 14.8 Å². The van der Waals surface area contributed by atoms with E-state index in [9.17, 15) is 22.0 Å². The van der Waals surface area contributed by atoms with Crippen molar-refractivity contribution in [3.63, 3.8) is 0 Å². The van der Waals surface area contributed by atoms with Crippen LogP contribution in [0.2, 0.25) is 0 Å². The Hall–Kier alpha value is -1.78. The number of alkyl carbamates (subject to hydrolysis) is 1. The van der Waals surface area contributed by atoms with Gasteiger partial charge in [0.25, 0.3) is 0 Å². The number of rotatable bonds is 8. The van der Waals surface area contributed by atoms with Crippen molar-refractivity contribution in [2.24, 2.45) is 11.8 Å². The summed E-state index contributed by atoms with van der Waals surface area (Å²) in [5.41, 5.74) is 0.137. The molecule has 2 heterocycles. The SMILES string of the molecule is CC(C)(C)OC(=O)NCC1CCN(CCC(c2cc(F)cc(F)c2)C2CCN(S(C)(=O)=O)CC2)CC1. The molecule has 1 amide bonds. The highest BCUT2D eigenvalue weighted by Crippen LogP contribution is 2.37. The smallest absolute Gasteiger partial charge is 0.407 e. The van der Waals surface area contributed by atoms with Gasteiger partial charge in [-0.15, -0.1) is 0 Å². The topological polar surface area (TPSA) is 79.0 Å². The molecule has 1 atom stereocenters. The lowest BCUT2D eigenvalue weighted by atomic mass is 9.78. The Balaban J connectivity index is 1.54. The molecule has 0 aromatic heterocycles. The number of piperidine rings is 2. The van der Waals surface area contributed by atoms with E-state index in [1.165, 1.54) is 22.7 Å². The number of ether oxygens (including phenoxy) is 1. The Bertz CT molecular complexity index is 963. The Morgan fingerprint density at radius 1 is 1.06 bits per heavy atom. The number of benzene rings is 1. The van der Waals surface area contributed by atoms with E-state index in [2.05, 4.69) is 10.2 Å². The van der Waals surface area contributed by atoms with Gasteiger partial charge in [-0.05, 0) is 108 Å². The van der Waals surface area contributed by atoms with Crippen LogP contribution in [0.1, 0.15) is 64.4 Å². The molecule has 0 bridgehead atoms.